The van der Waals surface area contributed by atoms with Crippen molar-refractivity contribution in [3.8, 4) is 0 Å². The summed E-state index contributed by atoms with van der Waals surface area (Å²) in [5, 5.41) is 18.0. The summed E-state index contributed by atoms with van der Waals surface area (Å²) in [7, 11) is 0. The first kappa shape index (κ1) is 15.7. The Morgan fingerprint density at radius 1 is 1.33 bits per heavy atom. The highest BCUT2D eigenvalue weighted by atomic mass is 35.5. The van der Waals surface area contributed by atoms with Crippen LogP contribution >= 0.6 is 12.4 Å². The van der Waals surface area contributed by atoms with Crippen molar-refractivity contribution in [2.75, 3.05) is 5.32 Å². The second kappa shape index (κ2) is 6.63. The third-order valence-corrected chi connectivity index (χ3v) is 1.41. The molecule has 1 aromatic rings. The summed E-state index contributed by atoms with van der Waals surface area (Å²) in [5.41, 5.74) is 5.88. The van der Waals surface area contributed by atoms with Gasteiger partial charge in [0.25, 0.3) is 0 Å². The normalized spacial score (nSPS) is 8.00. The predicted octanol–water partition coefficient (Wildman–Crippen LogP) is 0.287. The van der Waals surface area contributed by atoms with E-state index in [0.717, 1.165) is 0 Å². The zero-order chi connectivity index (χ0) is 9.84. The Balaban J connectivity index is 0. The van der Waals surface area contributed by atoms with Gasteiger partial charge < -0.3 is 21.6 Å². The molecule has 7 N–H and O–H groups in total. The molecule has 0 aromatic heterocycles. The Morgan fingerprint density at radius 2 is 1.80 bits per heavy atom. The van der Waals surface area contributed by atoms with Crippen LogP contribution in [0.5, 0.6) is 0 Å². The van der Waals surface area contributed by atoms with Crippen molar-refractivity contribution in [3.05, 3.63) is 29.8 Å². The second-order valence-corrected chi connectivity index (χ2v) is 2.42. The van der Waals surface area contributed by atoms with E-state index >= 15 is 0 Å². The summed E-state index contributed by atoms with van der Waals surface area (Å²) in [5.74, 6) is -1.16. The van der Waals surface area contributed by atoms with Crippen molar-refractivity contribution < 1.29 is 15.4 Å². The zero-order valence-electron chi connectivity index (χ0n) is 7.65. The van der Waals surface area contributed by atoms with Crippen LogP contribution in [0.1, 0.15) is 10.4 Å². The van der Waals surface area contributed by atoms with E-state index in [1.807, 2.05) is 0 Å². The molecular weight excluding hydrogens is 222 g/mol. The molecule has 0 heterocycles. The van der Waals surface area contributed by atoms with Gasteiger partial charge in [-0.15, -0.1) is 12.4 Å². The van der Waals surface area contributed by atoms with Crippen LogP contribution in [0, 0.1) is 5.41 Å². The van der Waals surface area contributed by atoms with Crippen LogP contribution in [0.2, 0.25) is 0 Å². The first-order valence-electron chi connectivity index (χ1n) is 3.54. The maximum Gasteiger partial charge on any atom is 0.335 e. The largest absolute Gasteiger partial charge is 0.478 e. The molecule has 0 spiro atoms. The second-order valence-electron chi connectivity index (χ2n) is 2.42. The molecular formula is C8H12ClN3O3. The molecule has 1 aromatic carbocycles. The van der Waals surface area contributed by atoms with Gasteiger partial charge in [-0.3, -0.25) is 5.41 Å². The van der Waals surface area contributed by atoms with E-state index in [0.29, 0.717) is 5.69 Å². The molecule has 0 atom stereocenters. The zero-order valence-corrected chi connectivity index (χ0v) is 8.47. The monoisotopic (exact) mass is 233 g/mol. The van der Waals surface area contributed by atoms with E-state index in [1.165, 1.54) is 12.1 Å². The number of nitrogens with two attached hydrogens (primary N) is 1. The molecule has 0 aliphatic rings. The van der Waals surface area contributed by atoms with Gasteiger partial charge in [0, 0.05) is 5.69 Å². The molecule has 0 unspecified atom stereocenters. The SMILES string of the molecule is Cl.N=C(N)Nc1ccc(C(=O)O)cc1.O. The third-order valence-electron chi connectivity index (χ3n) is 1.41. The number of carbonyl (C=O) groups is 1. The van der Waals surface area contributed by atoms with Crippen molar-refractivity contribution >= 4 is 30.0 Å². The van der Waals surface area contributed by atoms with E-state index in [2.05, 4.69) is 5.32 Å². The summed E-state index contributed by atoms with van der Waals surface area (Å²) in [4.78, 5) is 10.4. The fourth-order valence-electron chi connectivity index (χ4n) is 0.852. The van der Waals surface area contributed by atoms with Gasteiger partial charge in [-0.05, 0) is 24.3 Å². The number of benzene rings is 1. The molecule has 84 valence electrons. The Hall–Kier alpha value is -1.79. The highest BCUT2D eigenvalue weighted by Gasteiger charge is 2.01. The van der Waals surface area contributed by atoms with Crippen molar-refractivity contribution in [2.45, 2.75) is 0 Å². The molecule has 0 fully saturated rings. The van der Waals surface area contributed by atoms with Crippen LogP contribution in [0.3, 0.4) is 0 Å². The molecule has 0 saturated heterocycles. The fraction of sp³-hybridized carbons (Fsp3) is 0. The predicted molar refractivity (Wildman–Crippen MR) is 59.8 cm³/mol. The Kier molecular flexibility index (Phi) is 6.93. The van der Waals surface area contributed by atoms with E-state index in [4.69, 9.17) is 16.2 Å². The van der Waals surface area contributed by atoms with Gasteiger partial charge in [0.1, 0.15) is 0 Å². The lowest BCUT2D eigenvalue weighted by atomic mass is 10.2. The van der Waals surface area contributed by atoms with Crippen molar-refractivity contribution in [3.63, 3.8) is 0 Å². The van der Waals surface area contributed by atoms with E-state index in [1.54, 1.807) is 12.1 Å². The number of carboxylic acid groups (broad SMARTS) is 1. The molecule has 0 aliphatic heterocycles. The summed E-state index contributed by atoms with van der Waals surface area (Å²) < 4.78 is 0. The smallest absolute Gasteiger partial charge is 0.335 e. The van der Waals surface area contributed by atoms with Crippen molar-refractivity contribution in [2.24, 2.45) is 5.73 Å². The van der Waals surface area contributed by atoms with Crippen LogP contribution in [-0.4, -0.2) is 22.5 Å². The highest BCUT2D eigenvalue weighted by Crippen LogP contribution is 2.08. The van der Waals surface area contributed by atoms with Gasteiger partial charge in [0.2, 0.25) is 0 Å². The topological polar surface area (TPSA) is 131 Å². The van der Waals surface area contributed by atoms with Crippen molar-refractivity contribution in [1.29, 1.82) is 5.41 Å². The Labute approximate surface area is 92.3 Å². The number of hydrogen-bond donors (Lipinski definition) is 4. The highest BCUT2D eigenvalue weighted by molar-refractivity contribution is 5.91. The van der Waals surface area contributed by atoms with Gasteiger partial charge in [0.05, 0.1) is 5.56 Å². The first-order chi connectivity index (χ1) is 6.09. The molecule has 6 nitrogen and oxygen atoms in total. The number of anilines is 1. The van der Waals surface area contributed by atoms with E-state index in [-0.39, 0.29) is 29.4 Å². The van der Waals surface area contributed by atoms with Gasteiger partial charge in [-0.25, -0.2) is 4.79 Å². The van der Waals surface area contributed by atoms with Crippen LogP contribution in [0.25, 0.3) is 0 Å². The molecule has 7 heteroatoms. The van der Waals surface area contributed by atoms with Crippen LogP contribution in [0.15, 0.2) is 24.3 Å². The fourth-order valence-corrected chi connectivity index (χ4v) is 0.852. The van der Waals surface area contributed by atoms with Gasteiger partial charge in [-0.1, -0.05) is 0 Å². The first-order valence-corrected chi connectivity index (χ1v) is 3.54. The molecule has 0 saturated carbocycles. The van der Waals surface area contributed by atoms with Crippen LogP contribution < -0.4 is 11.1 Å². The number of carboxylic acids is 1. The van der Waals surface area contributed by atoms with Crippen LogP contribution in [-0.2, 0) is 0 Å². The van der Waals surface area contributed by atoms with Gasteiger partial charge in [-0.2, -0.15) is 0 Å². The standard InChI is InChI=1S/C8H9N3O2.ClH.H2O/c9-8(10)11-6-3-1-5(2-4-6)7(12)13;;/h1-4H,(H,12,13)(H4,9,10,11);1H;1H2. The van der Waals surface area contributed by atoms with Crippen LogP contribution in [0.4, 0.5) is 5.69 Å². The third kappa shape index (κ3) is 4.84. The lowest BCUT2D eigenvalue weighted by molar-refractivity contribution is 0.0697. The number of aromatic carboxylic acids is 1. The lowest BCUT2D eigenvalue weighted by Gasteiger charge is -2.02. The number of halogens is 1. The molecule has 0 bridgehead atoms. The van der Waals surface area contributed by atoms with Gasteiger partial charge >= 0.3 is 5.97 Å². The lowest BCUT2D eigenvalue weighted by Crippen LogP contribution is -2.20. The molecule has 0 aliphatic carbocycles. The Morgan fingerprint density at radius 3 is 2.13 bits per heavy atom. The summed E-state index contributed by atoms with van der Waals surface area (Å²) in [6.07, 6.45) is 0. The number of guanidine groups is 1. The molecule has 0 radical (unpaired) electrons. The summed E-state index contributed by atoms with van der Waals surface area (Å²) in [6.45, 7) is 0. The number of rotatable bonds is 2. The Bertz CT molecular complexity index is 339. The average molecular weight is 234 g/mol. The summed E-state index contributed by atoms with van der Waals surface area (Å²) >= 11 is 0. The maximum absolute atomic E-state index is 10.4. The minimum Gasteiger partial charge on any atom is -0.478 e. The number of nitrogens with one attached hydrogen (secondary N) is 2. The molecule has 15 heavy (non-hydrogen) atoms. The molecule has 0 amide bonds. The average Bonchev–Trinajstić information content (AvgIpc) is 2.04. The van der Waals surface area contributed by atoms with E-state index < -0.39 is 5.97 Å². The minimum atomic E-state index is -0.977. The minimum absolute atomic E-state index is 0. The molecule has 1 rings (SSSR count). The quantitative estimate of drug-likeness (QED) is 0.432. The van der Waals surface area contributed by atoms with E-state index in [9.17, 15) is 4.79 Å². The van der Waals surface area contributed by atoms with Crippen molar-refractivity contribution in [1.82, 2.24) is 0 Å². The number of hydrogen-bond acceptors (Lipinski definition) is 2. The van der Waals surface area contributed by atoms with Gasteiger partial charge in [0.15, 0.2) is 5.96 Å². The maximum atomic E-state index is 10.4. The summed E-state index contributed by atoms with van der Waals surface area (Å²) in [6, 6.07) is 5.97.